The molecule has 0 aliphatic carbocycles. The van der Waals surface area contributed by atoms with Gasteiger partial charge in [-0.05, 0) is 0 Å². The first-order chi connectivity index (χ1) is 5.83. The van der Waals surface area contributed by atoms with E-state index in [1.165, 1.54) is 7.11 Å². The molecule has 0 amide bonds. The zero-order valence-corrected chi connectivity index (χ0v) is 9.08. The molecule has 1 aromatic rings. The van der Waals surface area contributed by atoms with E-state index in [0.717, 1.165) is 11.3 Å². The van der Waals surface area contributed by atoms with Crippen LogP contribution in [-0.2, 0) is 16.1 Å². The highest BCUT2D eigenvalue weighted by molar-refractivity contribution is 5.85. The lowest BCUT2D eigenvalue weighted by Crippen LogP contribution is -2.23. The summed E-state index contributed by atoms with van der Waals surface area (Å²) in [7, 11) is 1.38. The lowest BCUT2D eigenvalue weighted by atomic mass is 10.2. The van der Waals surface area contributed by atoms with Gasteiger partial charge in [0.25, 0.3) is 0 Å². The van der Waals surface area contributed by atoms with Gasteiger partial charge in [-0.1, -0.05) is 0 Å². The number of aromatic amines is 1. The molecule has 1 aliphatic rings. The maximum absolute atomic E-state index is 11.1. The van der Waals surface area contributed by atoms with Crippen LogP contribution in [0.2, 0.25) is 0 Å². The number of rotatable bonds is 1. The summed E-state index contributed by atoms with van der Waals surface area (Å²) in [5.74, 6) is -0.268. The van der Waals surface area contributed by atoms with Crippen LogP contribution in [-0.4, -0.2) is 23.3 Å². The summed E-state index contributed by atoms with van der Waals surface area (Å²) in [6.07, 6.45) is 1.65. The van der Waals surface area contributed by atoms with Gasteiger partial charge < -0.3 is 4.74 Å². The van der Waals surface area contributed by atoms with Crippen LogP contribution in [0.1, 0.15) is 17.3 Å². The van der Waals surface area contributed by atoms with Crippen LogP contribution in [0.3, 0.4) is 0 Å². The minimum Gasteiger partial charge on any atom is -0.468 e. The van der Waals surface area contributed by atoms with Gasteiger partial charge in [-0.15, -0.1) is 24.8 Å². The first-order valence-electron chi connectivity index (χ1n) is 3.66. The van der Waals surface area contributed by atoms with Crippen LogP contribution in [0.25, 0.3) is 0 Å². The van der Waals surface area contributed by atoms with Crippen molar-refractivity contribution in [3.8, 4) is 0 Å². The molecular weight excluding hydrogens is 229 g/mol. The Balaban J connectivity index is 0.000000845. The Kier molecular flexibility index (Phi) is 4.90. The summed E-state index contributed by atoms with van der Waals surface area (Å²) >= 11 is 0. The number of nitrogens with zero attached hydrogens (tertiary/aromatic N) is 1. The molecule has 0 saturated heterocycles. The maximum Gasteiger partial charge on any atom is 0.327 e. The minimum absolute atomic E-state index is 0. The van der Waals surface area contributed by atoms with E-state index in [1.54, 1.807) is 6.20 Å². The minimum atomic E-state index is -0.344. The van der Waals surface area contributed by atoms with E-state index in [-0.39, 0.29) is 36.8 Å². The van der Waals surface area contributed by atoms with E-state index in [1.807, 2.05) is 0 Å². The molecule has 1 unspecified atom stereocenters. The Morgan fingerprint density at radius 2 is 2.36 bits per heavy atom. The van der Waals surface area contributed by atoms with E-state index >= 15 is 0 Å². The van der Waals surface area contributed by atoms with Crippen molar-refractivity contribution in [2.75, 3.05) is 7.11 Å². The van der Waals surface area contributed by atoms with Crippen LogP contribution in [0.15, 0.2) is 6.20 Å². The molecule has 2 heterocycles. The molecule has 1 aliphatic heterocycles. The summed E-state index contributed by atoms with van der Waals surface area (Å²) in [4.78, 5) is 11.1. The number of H-pyrrole nitrogens is 1. The van der Waals surface area contributed by atoms with Crippen molar-refractivity contribution in [1.29, 1.82) is 0 Å². The van der Waals surface area contributed by atoms with Gasteiger partial charge in [-0.3, -0.25) is 10.4 Å². The SMILES string of the molecule is COC(=O)C1NCc2[nH]ncc21.Cl.Cl. The third-order valence-corrected chi connectivity index (χ3v) is 1.98. The quantitative estimate of drug-likeness (QED) is 0.704. The van der Waals surface area contributed by atoms with Gasteiger partial charge in [0.2, 0.25) is 0 Å². The van der Waals surface area contributed by atoms with Crippen LogP contribution in [0.5, 0.6) is 0 Å². The highest BCUT2D eigenvalue weighted by Gasteiger charge is 2.30. The number of carbonyl (C=O) groups excluding carboxylic acids is 1. The van der Waals surface area contributed by atoms with Crippen molar-refractivity contribution in [2.24, 2.45) is 0 Å². The van der Waals surface area contributed by atoms with Gasteiger partial charge in [0.05, 0.1) is 19.0 Å². The first-order valence-corrected chi connectivity index (χ1v) is 3.66. The van der Waals surface area contributed by atoms with Crippen LogP contribution in [0.4, 0.5) is 0 Å². The maximum atomic E-state index is 11.1. The third-order valence-electron chi connectivity index (χ3n) is 1.98. The number of carbonyl (C=O) groups is 1. The van der Waals surface area contributed by atoms with Crippen LogP contribution < -0.4 is 5.32 Å². The number of hydrogen-bond acceptors (Lipinski definition) is 4. The number of esters is 1. The van der Waals surface area contributed by atoms with Gasteiger partial charge in [0.1, 0.15) is 6.04 Å². The average molecular weight is 240 g/mol. The number of hydrogen-bond donors (Lipinski definition) is 2. The second-order valence-corrected chi connectivity index (χ2v) is 2.64. The van der Waals surface area contributed by atoms with Gasteiger partial charge >= 0.3 is 5.97 Å². The standard InChI is InChI=1S/C7H9N3O2.2ClH/c1-12-7(11)6-4-2-9-10-5(4)3-8-6;;/h2,6,8H,3H2,1H3,(H,9,10);2*1H. The van der Waals surface area contributed by atoms with Gasteiger partial charge in [0, 0.05) is 12.1 Å². The van der Waals surface area contributed by atoms with Crippen molar-refractivity contribution in [3.63, 3.8) is 0 Å². The molecule has 0 aromatic carbocycles. The van der Waals surface area contributed by atoms with E-state index < -0.39 is 0 Å². The van der Waals surface area contributed by atoms with E-state index in [0.29, 0.717) is 6.54 Å². The molecule has 2 N–H and O–H groups in total. The zero-order valence-electron chi connectivity index (χ0n) is 7.44. The molecule has 14 heavy (non-hydrogen) atoms. The monoisotopic (exact) mass is 239 g/mol. The van der Waals surface area contributed by atoms with Crippen molar-refractivity contribution in [1.82, 2.24) is 15.5 Å². The number of halogens is 2. The second-order valence-electron chi connectivity index (χ2n) is 2.64. The fourth-order valence-corrected chi connectivity index (χ4v) is 1.35. The summed E-state index contributed by atoms with van der Waals surface area (Å²) in [6.45, 7) is 0.648. The summed E-state index contributed by atoms with van der Waals surface area (Å²) in [6, 6.07) is -0.344. The third kappa shape index (κ3) is 2.00. The fourth-order valence-electron chi connectivity index (χ4n) is 1.35. The number of methoxy groups -OCH3 is 1. The summed E-state index contributed by atoms with van der Waals surface area (Å²) in [5.41, 5.74) is 1.85. The number of fused-ring (bicyclic) bond motifs is 1. The summed E-state index contributed by atoms with van der Waals surface area (Å²) < 4.78 is 4.62. The normalized spacial score (nSPS) is 17.6. The highest BCUT2D eigenvalue weighted by Crippen LogP contribution is 2.23. The molecule has 0 spiro atoms. The molecular formula is C7H11Cl2N3O2. The lowest BCUT2D eigenvalue weighted by molar-refractivity contribution is -0.143. The predicted molar refractivity (Wildman–Crippen MR) is 54.7 cm³/mol. The fraction of sp³-hybridized carbons (Fsp3) is 0.429. The largest absolute Gasteiger partial charge is 0.468 e. The average Bonchev–Trinajstić information content (AvgIpc) is 2.62. The predicted octanol–water partition coefficient (Wildman–Crippen LogP) is 0.571. The molecule has 0 radical (unpaired) electrons. The Labute approximate surface area is 93.4 Å². The van der Waals surface area contributed by atoms with Gasteiger partial charge in [-0.2, -0.15) is 5.10 Å². The lowest BCUT2D eigenvalue weighted by Gasteiger charge is -2.06. The Bertz CT molecular complexity index is 316. The van der Waals surface area contributed by atoms with Crippen LogP contribution in [0, 0.1) is 0 Å². The molecule has 80 valence electrons. The molecule has 2 rings (SSSR count). The first kappa shape index (κ1) is 13.2. The number of aromatic nitrogens is 2. The van der Waals surface area contributed by atoms with Gasteiger partial charge in [-0.25, -0.2) is 4.79 Å². The molecule has 7 heteroatoms. The molecule has 1 aromatic heterocycles. The van der Waals surface area contributed by atoms with E-state index in [9.17, 15) is 4.79 Å². The molecule has 5 nitrogen and oxygen atoms in total. The van der Waals surface area contributed by atoms with E-state index in [2.05, 4.69) is 20.3 Å². The second kappa shape index (κ2) is 5.19. The molecule has 0 fully saturated rings. The zero-order chi connectivity index (χ0) is 8.55. The van der Waals surface area contributed by atoms with Crippen molar-refractivity contribution in [3.05, 3.63) is 17.5 Å². The van der Waals surface area contributed by atoms with Crippen molar-refractivity contribution in [2.45, 2.75) is 12.6 Å². The summed E-state index contributed by atoms with van der Waals surface area (Å²) in [5, 5.41) is 9.65. The molecule has 1 atom stereocenters. The Hall–Kier alpha value is -0.780. The highest BCUT2D eigenvalue weighted by atomic mass is 35.5. The Morgan fingerprint density at radius 3 is 3.00 bits per heavy atom. The number of nitrogens with one attached hydrogen (secondary N) is 2. The Morgan fingerprint density at radius 1 is 1.64 bits per heavy atom. The van der Waals surface area contributed by atoms with E-state index in [4.69, 9.17) is 0 Å². The van der Waals surface area contributed by atoms with Crippen LogP contribution >= 0.6 is 24.8 Å². The van der Waals surface area contributed by atoms with Crippen molar-refractivity contribution >= 4 is 30.8 Å². The smallest absolute Gasteiger partial charge is 0.327 e. The number of ether oxygens (including phenoxy) is 1. The van der Waals surface area contributed by atoms with Gasteiger partial charge in [0.15, 0.2) is 0 Å². The molecule has 0 saturated carbocycles. The molecule has 0 bridgehead atoms. The topological polar surface area (TPSA) is 67.0 Å². The van der Waals surface area contributed by atoms with Crippen molar-refractivity contribution < 1.29 is 9.53 Å².